The largest absolute Gasteiger partial charge is 0.481 e. The number of carbonyl (C=O) groups excluding carboxylic acids is 1. The van der Waals surface area contributed by atoms with E-state index in [0.29, 0.717) is 11.3 Å². The van der Waals surface area contributed by atoms with Crippen molar-refractivity contribution in [3.8, 4) is 18.1 Å². The second-order valence-electron chi connectivity index (χ2n) is 3.62. The Bertz CT molecular complexity index is 430. The average molecular weight is 247 g/mol. The van der Waals surface area contributed by atoms with Gasteiger partial charge in [-0.15, -0.1) is 18.2 Å². The zero-order valence-corrected chi connectivity index (χ0v) is 10.2. The Balaban J connectivity index is 2.02. The normalized spacial score (nSPS) is 14.4. The number of nitrogens with zero attached hydrogens (tertiary/aromatic N) is 1. The number of ether oxygens (including phenoxy) is 1. The number of thioether (sulfide) groups is 1. The summed E-state index contributed by atoms with van der Waals surface area (Å²) in [6.45, 7) is 1.08. The third kappa shape index (κ3) is 2.95. The van der Waals surface area contributed by atoms with Crippen molar-refractivity contribution >= 4 is 17.7 Å². The van der Waals surface area contributed by atoms with E-state index in [2.05, 4.69) is 5.92 Å². The second-order valence-corrected chi connectivity index (χ2v) is 4.70. The van der Waals surface area contributed by atoms with Crippen molar-refractivity contribution in [3.05, 3.63) is 29.8 Å². The lowest BCUT2D eigenvalue weighted by Crippen LogP contribution is -2.27. The van der Waals surface area contributed by atoms with Gasteiger partial charge in [-0.05, 0) is 24.3 Å². The van der Waals surface area contributed by atoms with Crippen molar-refractivity contribution in [1.29, 1.82) is 0 Å². The maximum Gasteiger partial charge on any atom is 0.254 e. The minimum atomic E-state index is 0.0819. The predicted octanol–water partition coefficient (Wildman–Crippen LogP) is 1.85. The number of hydrogen-bond acceptors (Lipinski definition) is 3. The molecule has 0 atom stereocenters. The molecule has 0 spiro atoms. The SMILES string of the molecule is C#CCOc1ccc(C(=O)N2CCSC2)cc1. The smallest absolute Gasteiger partial charge is 0.254 e. The summed E-state index contributed by atoms with van der Waals surface area (Å²) in [5.74, 6) is 4.98. The summed E-state index contributed by atoms with van der Waals surface area (Å²) in [5, 5.41) is 0. The third-order valence-electron chi connectivity index (χ3n) is 2.46. The lowest BCUT2D eigenvalue weighted by Gasteiger charge is -2.14. The van der Waals surface area contributed by atoms with E-state index >= 15 is 0 Å². The summed E-state index contributed by atoms with van der Waals surface area (Å²) in [5.41, 5.74) is 0.695. The topological polar surface area (TPSA) is 29.5 Å². The van der Waals surface area contributed by atoms with Gasteiger partial charge >= 0.3 is 0 Å². The summed E-state index contributed by atoms with van der Waals surface area (Å²) in [6, 6.07) is 7.09. The summed E-state index contributed by atoms with van der Waals surface area (Å²) in [7, 11) is 0. The number of benzene rings is 1. The van der Waals surface area contributed by atoms with Gasteiger partial charge in [0.05, 0.1) is 5.88 Å². The molecule has 1 amide bonds. The molecule has 0 aromatic heterocycles. The molecule has 1 aliphatic rings. The van der Waals surface area contributed by atoms with Crippen molar-refractivity contribution in [3.63, 3.8) is 0 Å². The fraction of sp³-hybridized carbons (Fsp3) is 0.308. The number of carbonyl (C=O) groups is 1. The molecule has 0 N–H and O–H groups in total. The van der Waals surface area contributed by atoms with Gasteiger partial charge in [-0.2, -0.15) is 0 Å². The molecule has 0 aliphatic carbocycles. The van der Waals surface area contributed by atoms with E-state index in [1.54, 1.807) is 36.0 Å². The Morgan fingerprint density at radius 3 is 2.82 bits per heavy atom. The van der Waals surface area contributed by atoms with Gasteiger partial charge in [-0.3, -0.25) is 4.79 Å². The highest BCUT2D eigenvalue weighted by molar-refractivity contribution is 7.99. The van der Waals surface area contributed by atoms with Gasteiger partial charge < -0.3 is 9.64 Å². The van der Waals surface area contributed by atoms with Gasteiger partial charge in [0.25, 0.3) is 5.91 Å². The molecule has 0 unspecified atom stereocenters. The van der Waals surface area contributed by atoms with Crippen molar-refractivity contribution in [1.82, 2.24) is 4.90 Å². The van der Waals surface area contributed by atoms with Crippen LogP contribution in [0.25, 0.3) is 0 Å². The highest BCUT2D eigenvalue weighted by Crippen LogP contribution is 2.18. The fourth-order valence-electron chi connectivity index (χ4n) is 1.58. The van der Waals surface area contributed by atoms with Crippen LogP contribution in [0.3, 0.4) is 0 Å². The van der Waals surface area contributed by atoms with Gasteiger partial charge in [0, 0.05) is 17.9 Å². The highest BCUT2D eigenvalue weighted by Gasteiger charge is 2.19. The maximum atomic E-state index is 12.0. The van der Waals surface area contributed by atoms with Crippen LogP contribution in [0.1, 0.15) is 10.4 Å². The van der Waals surface area contributed by atoms with Crippen molar-refractivity contribution < 1.29 is 9.53 Å². The molecular weight excluding hydrogens is 234 g/mol. The van der Waals surface area contributed by atoms with Gasteiger partial charge in [0.15, 0.2) is 0 Å². The number of terminal acetylenes is 1. The molecule has 0 saturated carbocycles. The molecule has 0 bridgehead atoms. The summed E-state index contributed by atoms with van der Waals surface area (Å²) >= 11 is 1.78. The van der Waals surface area contributed by atoms with Crippen LogP contribution < -0.4 is 4.74 Å². The molecule has 17 heavy (non-hydrogen) atoms. The van der Waals surface area contributed by atoms with Gasteiger partial charge in [-0.25, -0.2) is 0 Å². The van der Waals surface area contributed by atoms with Crippen LogP contribution in [0.2, 0.25) is 0 Å². The molecule has 0 radical (unpaired) electrons. The minimum Gasteiger partial charge on any atom is -0.481 e. The molecule has 1 heterocycles. The first-order chi connectivity index (χ1) is 8.31. The molecule has 1 saturated heterocycles. The molecule has 1 aliphatic heterocycles. The first-order valence-corrected chi connectivity index (χ1v) is 6.50. The Morgan fingerprint density at radius 1 is 1.47 bits per heavy atom. The van der Waals surface area contributed by atoms with Crippen molar-refractivity contribution in [2.75, 3.05) is 24.8 Å². The zero-order valence-electron chi connectivity index (χ0n) is 9.39. The maximum absolute atomic E-state index is 12.0. The Hall–Kier alpha value is -1.60. The fourth-order valence-corrected chi connectivity index (χ4v) is 2.52. The molecule has 2 rings (SSSR count). The van der Waals surface area contributed by atoms with E-state index in [-0.39, 0.29) is 12.5 Å². The number of hydrogen-bond donors (Lipinski definition) is 0. The number of amides is 1. The standard InChI is InChI=1S/C13H13NO2S/c1-2-8-16-12-5-3-11(4-6-12)13(15)14-7-9-17-10-14/h1,3-6H,7-10H2. The Kier molecular flexibility index (Phi) is 3.94. The predicted molar refractivity (Wildman–Crippen MR) is 69.1 cm³/mol. The van der Waals surface area contributed by atoms with Crippen LogP contribution in [-0.2, 0) is 0 Å². The van der Waals surface area contributed by atoms with Crippen LogP contribution in [0.4, 0.5) is 0 Å². The van der Waals surface area contributed by atoms with Crippen LogP contribution in [0, 0.1) is 12.3 Å². The average Bonchev–Trinajstić information content (AvgIpc) is 2.90. The molecule has 1 aromatic rings. The summed E-state index contributed by atoms with van der Waals surface area (Å²) in [4.78, 5) is 13.9. The van der Waals surface area contributed by atoms with Gasteiger partial charge in [0.1, 0.15) is 12.4 Å². The highest BCUT2D eigenvalue weighted by atomic mass is 32.2. The van der Waals surface area contributed by atoms with Crippen LogP contribution in [0.15, 0.2) is 24.3 Å². The van der Waals surface area contributed by atoms with E-state index in [1.807, 2.05) is 4.90 Å². The summed E-state index contributed by atoms with van der Waals surface area (Å²) in [6.07, 6.45) is 5.10. The lowest BCUT2D eigenvalue weighted by atomic mass is 10.2. The first kappa shape index (κ1) is 11.9. The van der Waals surface area contributed by atoms with Crippen molar-refractivity contribution in [2.24, 2.45) is 0 Å². The van der Waals surface area contributed by atoms with E-state index in [1.165, 1.54) is 0 Å². The van der Waals surface area contributed by atoms with Crippen LogP contribution >= 0.6 is 11.8 Å². The minimum absolute atomic E-state index is 0.0819. The Labute approximate surface area is 105 Å². The third-order valence-corrected chi connectivity index (χ3v) is 3.43. The number of rotatable bonds is 3. The first-order valence-electron chi connectivity index (χ1n) is 5.34. The molecular formula is C13H13NO2S. The Morgan fingerprint density at radius 2 is 2.24 bits per heavy atom. The summed E-state index contributed by atoms with van der Waals surface area (Å²) < 4.78 is 5.25. The zero-order chi connectivity index (χ0) is 12.1. The van der Waals surface area contributed by atoms with Crippen LogP contribution in [0.5, 0.6) is 5.75 Å². The lowest BCUT2D eigenvalue weighted by molar-refractivity contribution is 0.0802. The molecule has 88 valence electrons. The van der Waals surface area contributed by atoms with Crippen molar-refractivity contribution in [2.45, 2.75) is 0 Å². The molecule has 4 heteroatoms. The van der Waals surface area contributed by atoms with Gasteiger partial charge in [-0.1, -0.05) is 5.92 Å². The molecule has 1 aromatic carbocycles. The monoisotopic (exact) mass is 247 g/mol. The molecule has 3 nitrogen and oxygen atoms in total. The van der Waals surface area contributed by atoms with Crippen LogP contribution in [-0.4, -0.2) is 35.6 Å². The van der Waals surface area contributed by atoms with Gasteiger partial charge in [0.2, 0.25) is 0 Å². The van der Waals surface area contributed by atoms with E-state index in [4.69, 9.17) is 11.2 Å². The second kappa shape index (κ2) is 5.65. The van der Waals surface area contributed by atoms with E-state index in [9.17, 15) is 4.79 Å². The van der Waals surface area contributed by atoms with E-state index in [0.717, 1.165) is 18.2 Å². The quantitative estimate of drug-likeness (QED) is 0.763. The van der Waals surface area contributed by atoms with E-state index < -0.39 is 0 Å². The molecule has 1 fully saturated rings.